The maximum absolute atomic E-state index is 11.9. The number of nitrogens with one attached hydrogen (secondary N) is 2. The van der Waals surface area contributed by atoms with Gasteiger partial charge in [0.05, 0.1) is 7.11 Å². The second-order valence-corrected chi connectivity index (χ2v) is 4.56. The van der Waals surface area contributed by atoms with Gasteiger partial charge in [-0.2, -0.15) is 5.10 Å². The highest BCUT2D eigenvalue weighted by Gasteiger charge is 2.09. The number of benzene rings is 1. The lowest BCUT2D eigenvalue weighted by Gasteiger charge is -2.07. The van der Waals surface area contributed by atoms with E-state index in [2.05, 4.69) is 31.4 Å². The summed E-state index contributed by atoms with van der Waals surface area (Å²) in [5.74, 6) is 0.190. The van der Waals surface area contributed by atoms with Crippen LogP contribution in [0.3, 0.4) is 0 Å². The molecule has 98 valence electrons. The lowest BCUT2D eigenvalue weighted by atomic mass is 10.3. The molecule has 0 aliphatic carbocycles. The SMILES string of the molecule is COc1cc(Br)cc(NC(=O)c2ccc(=O)[nH]n2)c1. The van der Waals surface area contributed by atoms with Crippen molar-refractivity contribution in [3.8, 4) is 5.75 Å². The topological polar surface area (TPSA) is 84.1 Å². The Morgan fingerprint density at radius 2 is 2.16 bits per heavy atom. The third-order valence-corrected chi connectivity index (χ3v) is 2.73. The molecule has 6 nitrogen and oxygen atoms in total. The van der Waals surface area contributed by atoms with Crippen molar-refractivity contribution in [2.45, 2.75) is 0 Å². The molecule has 0 radical (unpaired) electrons. The van der Waals surface area contributed by atoms with E-state index >= 15 is 0 Å². The quantitative estimate of drug-likeness (QED) is 0.902. The number of aromatic nitrogens is 2. The molecule has 1 aromatic carbocycles. The predicted molar refractivity (Wildman–Crippen MR) is 73.5 cm³/mol. The molecule has 0 fully saturated rings. The number of carbonyl (C=O) groups excluding carboxylic acids is 1. The average Bonchev–Trinajstić information content (AvgIpc) is 2.38. The summed E-state index contributed by atoms with van der Waals surface area (Å²) in [6, 6.07) is 7.77. The van der Waals surface area contributed by atoms with E-state index in [1.165, 1.54) is 19.2 Å². The van der Waals surface area contributed by atoms with Gasteiger partial charge in [0.1, 0.15) is 11.4 Å². The van der Waals surface area contributed by atoms with Crippen LogP contribution in [-0.4, -0.2) is 23.2 Å². The number of carbonyl (C=O) groups is 1. The third kappa shape index (κ3) is 3.41. The van der Waals surface area contributed by atoms with E-state index in [9.17, 15) is 9.59 Å². The van der Waals surface area contributed by atoms with Gasteiger partial charge in [-0.3, -0.25) is 9.59 Å². The van der Waals surface area contributed by atoms with E-state index in [-0.39, 0.29) is 11.3 Å². The normalized spacial score (nSPS) is 10.0. The summed E-state index contributed by atoms with van der Waals surface area (Å²) >= 11 is 3.32. The van der Waals surface area contributed by atoms with Crippen LogP contribution in [-0.2, 0) is 0 Å². The largest absolute Gasteiger partial charge is 0.497 e. The van der Waals surface area contributed by atoms with Gasteiger partial charge in [0.25, 0.3) is 11.5 Å². The van der Waals surface area contributed by atoms with Crippen molar-refractivity contribution in [3.63, 3.8) is 0 Å². The molecule has 0 unspecified atom stereocenters. The fourth-order valence-corrected chi connectivity index (χ4v) is 1.89. The number of anilines is 1. The highest BCUT2D eigenvalue weighted by Crippen LogP contribution is 2.24. The minimum Gasteiger partial charge on any atom is -0.497 e. The van der Waals surface area contributed by atoms with Gasteiger partial charge in [0.15, 0.2) is 0 Å². The van der Waals surface area contributed by atoms with E-state index in [0.29, 0.717) is 11.4 Å². The van der Waals surface area contributed by atoms with Crippen LogP contribution in [0.15, 0.2) is 39.6 Å². The van der Waals surface area contributed by atoms with Crippen LogP contribution in [0.2, 0.25) is 0 Å². The number of rotatable bonds is 3. The average molecular weight is 324 g/mol. The van der Waals surface area contributed by atoms with Crippen LogP contribution in [0, 0.1) is 0 Å². The van der Waals surface area contributed by atoms with Crippen molar-refractivity contribution >= 4 is 27.5 Å². The molecule has 1 amide bonds. The molecule has 2 N–H and O–H groups in total. The van der Waals surface area contributed by atoms with Crippen LogP contribution in [0.4, 0.5) is 5.69 Å². The summed E-state index contributed by atoms with van der Waals surface area (Å²) in [6.07, 6.45) is 0. The molecule has 2 aromatic rings. The molecule has 1 heterocycles. The Labute approximate surface area is 116 Å². The smallest absolute Gasteiger partial charge is 0.276 e. The molecule has 19 heavy (non-hydrogen) atoms. The monoisotopic (exact) mass is 323 g/mol. The molecule has 2 rings (SSSR count). The summed E-state index contributed by atoms with van der Waals surface area (Å²) in [5, 5.41) is 8.51. The number of methoxy groups -OCH3 is 1. The molecule has 0 aliphatic rings. The summed E-state index contributed by atoms with van der Waals surface area (Å²) < 4.78 is 5.87. The molecule has 7 heteroatoms. The number of amides is 1. The Morgan fingerprint density at radius 1 is 1.37 bits per heavy atom. The van der Waals surface area contributed by atoms with Gasteiger partial charge in [-0.1, -0.05) is 15.9 Å². The zero-order chi connectivity index (χ0) is 13.8. The van der Waals surface area contributed by atoms with Gasteiger partial charge >= 0.3 is 0 Å². The highest BCUT2D eigenvalue weighted by molar-refractivity contribution is 9.10. The molecule has 0 bridgehead atoms. The number of hydrogen-bond donors (Lipinski definition) is 2. The van der Waals surface area contributed by atoms with Crippen LogP contribution >= 0.6 is 15.9 Å². The minimum atomic E-state index is -0.420. The Bertz CT molecular complexity index is 649. The standard InChI is InChI=1S/C12H10BrN3O3/c1-19-9-5-7(13)4-8(6-9)14-12(18)10-2-3-11(17)16-15-10/h2-6H,1H3,(H,14,18)(H,16,17). The number of ether oxygens (including phenoxy) is 1. The van der Waals surface area contributed by atoms with Gasteiger partial charge in [-0.05, 0) is 18.2 Å². The Balaban J connectivity index is 2.21. The van der Waals surface area contributed by atoms with Crippen molar-refractivity contribution in [1.29, 1.82) is 0 Å². The lowest BCUT2D eigenvalue weighted by molar-refractivity contribution is 0.102. The third-order valence-electron chi connectivity index (χ3n) is 2.28. The molecule has 0 aliphatic heterocycles. The van der Waals surface area contributed by atoms with E-state index in [1.807, 2.05) is 0 Å². The first kappa shape index (κ1) is 13.3. The van der Waals surface area contributed by atoms with Gasteiger partial charge in [-0.15, -0.1) is 0 Å². The number of nitrogens with zero attached hydrogens (tertiary/aromatic N) is 1. The number of halogens is 1. The zero-order valence-corrected chi connectivity index (χ0v) is 11.5. The van der Waals surface area contributed by atoms with Gasteiger partial charge < -0.3 is 10.1 Å². The first-order valence-corrected chi connectivity index (χ1v) is 6.09. The van der Waals surface area contributed by atoms with E-state index in [4.69, 9.17) is 4.74 Å². The molecule has 0 saturated carbocycles. The second kappa shape index (κ2) is 5.66. The lowest BCUT2D eigenvalue weighted by Crippen LogP contribution is -2.17. The highest BCUT2D eigenvalue weighted by atomic mass is 79.9. The Kier molecular flexibility index (Phi) is 3.96. The van der Waals surface area contributed by atoms with Crippen molar-refractivity contribution in [2.75, 3.05) is 12.4 Å². The van der Waals surface area contributed by atoms with Crippen molar-refractivity contribution in [3.05, 3.63) is 50.9 Å². The van der Waals surface area contributed by atoms with Crippen LogP contribution in [0.1, 0.15) is 10.5 Å². The van der Waals surface area contributed by atoms with E-state index in [0.717, 1.165) is 4.47 Å². The molecule has 1 aromatic heterocycles. The second-order valence-electron chi connectivity index (χ2n) is 3.64. The first-order chi connectivity index (χ1) is 9.08. The first-order valence-electron chi connectivity index (χ1n) is 5.30. The number of hydrogen-bond acceptors (Lipinski definition) is 4. The predicted octanol–water partition coefficient (Wildman–Crippen LogP) is 1.79. The van der Waals surface area contributed by atoms with Crippen molar-refractivity contribution in [1.82, 2.24) is 10.2 Å². The zero-order valence-electron chi connectivity index (χ0n) is 9.94. The minimum absolute atomic E-state index is 0.124. The molecular formula is C12H10BrN3O3. The van der Waals surface area contributed by atoms with Gasteiger partial charge in [-0.25, -0.2) is 5.10 Å². The van der Waals surface area contributed by atoms with Crippen LogP contribution in [0.25, 0.3) is 0 Å². The van der Waals surface area contributed by atoms with Gasteiger partial charge in [0.2, 0.25) is 0 Å². The Morgan fingerprint density at radius 3 is 2.79 bits per heavy atom. The van der Waals surface area contributed by atoms with Crippen LogP contribution in [0.5, 0.6) is 5.75 Å². The summed E-state index contributed by atoms with van der Waals surface area (Å²) in [7, 11) is 1.54. The van der Waals surface area contributed by atoms with E-state index < -0.39 is 5.91 Å². The van der Waals surface area contributed by atoms with E-state index in [1.54, 1.807) is 18.2 Å². The molecular weight excluding hydrogens is 314 g/mol. The number of H-pyrrole nitrogens is 1. The number of aromatic amines is 1. The van der Waals surface area contributed by atoms with Crippen molar-refractivity contribution < 1.29 is 9.53 Å². The van der Waals surface area contributed by atoms with Gasteiger partial charge in [0, 0.05) is 22.3 Å². The summed E-state index contributed by atoms with van der Waals surface area (Å²) in [5.41, 5.74) is 0.323. The maximum Gasteiger partial charge on any atom is 0.276 e. The maximum atomic E-state index is 11.9. The summed E-state index contributed by atoms with van der Waals surface area (Å²) in [6.45, 7) is 0. The van der Waals surface area contributed by atoms with Crippen molar-refractivity contribution in [2.24, 2.45) is 0 Å². The molecule has 0 spiro atoms. The molecule has 0 atom stereocenters. The summed E-state index contributed by atoms with van der Waals surface area (Å²) in [4.78, 5) is 22.7. The fraction of sp³-hybridized carbons (Fsp3) is 0.0833. The molecule has 0 saturated heterocycles. The van der Waals surface area contributed by atoms with Crippen LogP contribution < -0.4 is 15.6 Å². The fourth-order valence-electron chi connectivity index (χ4n) is 1.42. The Hall–Kier alpha value is -2.15.